The Morgan fingerprint density at radius 3 is 2.75 bits per heavy atom. The highest BCUT2D eigenvalue weighted by Crippen LogP contribution is 2.22. The van der Waals surface area contributed by atoms with Crippen LogP contribution < -0.4 is 5.32 Å². The van der Waals surface area contributed by atoms with E-state index >= 15 is 0 Å². The number of nitrogens with zero attached hydrogens (tertiary/aromatic N) is 1. The van der Waals surface area contributed by atoms with E-state index in [9.17, 15) is 0 Å². The van der Waals surface area contributed by atoms with Crippen molar-refractivity contribution in [3.05, 3.63) is 34.9 Å². The maximum Gasteiger partial charge on any atom is 0.0587 e. The molecule has 1 saturated heterocycles. The van der Waals surface area contributed by atoms with Crippen molar-refractivity contribution in [2.24, 2.45) is 0 Å². The minimum atomic E-state index is 0.672. The number of likely N-dealkylation sites (tertiary alicyclic amines) is 1. The van der Waals surface area contributed by atoms with Gasteiger partial charge in [0, 0.05) is 32.8 Å². The molecule has 0 amide bonds. The Morgan fingerprint density at radius 2 is 2.05 bits per heavy atom. The summed E-state index contributed by atoms with van der Waals surface area (Å²) in [5.41, 5.74) is 4.35. The summed E-state index contributed by atoms with van der Waals surface area (Å²) in [7, 11) is 1.75. The lowest BCUT2D eigenvalue weighted by Gasteiger charge is -2.26. The summed E-state index contributed by atoms with van der Waals surface area (Å²) in [5.74, 6) is 0. The third-order valence-corrected chi connectivity index (χ3v) is 4.37. The second kappa shape index (κ2) is 7.77. The Bertz CT molecular complexity index is 399. The molecule has 3 nitrogen and oxygen atoms in total. The van der Waals surface area contributed by atoms with Gasteiger partial charge in [0.25, 0.3) is 0 Å². The number of benzene rings is 1. The van der Waals surface area contributed by atoms with Gasteiger partial charge in [-0.3, -0.25) is 4.90 Å². The van der Waals surface area contributed by atoms with E-state index in [1.54, 1.807) is 7.11 Å². The predicted octanol–water partition coefficient (Wildman–Crippen LogP) is 2.50. The first-order valence-corrected chi connectivity index (χ1v) is 7.71. The van der Waals surface area contributed by atoms with E-state index in [0.717, 1.165) is 26.2 Å². The summed E-state index contributed by atoms with van der Waals surface area (Å²) >= 11 is 0. The first kappa shape index (κ1) is 15.5. The fourth-order valence-electron chi connectivity index (χ4n) is 3.08. The zero-order chi connectivity index (χ0) is 14.4. The van der Waals surface area contributed by atoms with Crippen LogP contribution in [0.5, 0.6) is 0 Å². The van der Waals surface area contributed by atoms with Gasteiger partial charge in [0.05, 0.1) is 6.61 Å². The first-order valence-electron chi connectivity index (χ1n) is 7.71. The molecule has 0 aromatic heterocycles. The van der Waals surface area contributed by atoms with Gasteiger partial charge in [-0.1, -0.05) is 18.2 Å². The van der Waals surface area contributed by atoms with Crippen molar-refractivity contribution >= 4 is 0 Å². The minimum absolute atomic E-state index is 0.672. The zero-order valence-corrected chi connectivity index (χ0v) is 13.1. The van der Waals surface area contributed by atoms with E-state index in [0.29, 0.717) is 6.04 Å². The summed E-state index contributed by atoms with van der Waals surface area (Å²) in [5, 5.41) is 3.51. The maximum atomic E-state index is 5.08. The van der Waals surface area contributed by atoms with Crippen molar-refractivity contribution in [1.82, 2.24) is 10.2 Å². The Hall–Kier alpha value is -0.900. The summed E-state index contributed by atoms with van der Waals surface area (Å²) in [6.45, 7) is 9.59. The molecule has 0 radical (unpaired) electrons. The van der Waals surface area contributed by atoms with Crippen LogP contribution in [0.4, 0.5) is 0 Å². The molecule has 1 fully saturated rings. The molecule has 1 aliphatic rings. The molecule has 1 unspecified atom stereocenters. The van der Waals surface area contributed by atoms with Crippen LogP contribution in [0.3, 0.4) is 0 Å². The lowest BCUT2D eigenvalue weighted by Crippen LogP contribution is -2.38. The number of ether oxygens (including phenoxy) is 1. The molecule has 1 aliphatic heterocycles. The van der Waals surface area contributed by atoms with E-state index in [-0.39, 0.29) is 0 Å². The third kappa shape index (κ3) is 4.05. The van der Waals surface area contributed by atoms with Crippen molar-refractivity contribution in [3.63, 3.8) is 0 Å². The minimum Gasteiger partial charge on any atom is -0.383 e. The number of rotatable bonds is 7. The van der Waals surface area contributed by atoms with Crippen LogP contribution in [0.25, 0.3) is 0 Å². The van der Waals surface area contributed by atoms with E-state index < -0.39 is 0 Å². The molecular formula is C17H28N2O. The molecule has 2 rings (SSSR count). The topological polar surface area (TPSA) is 24.5 Å². The summed E-state index contributed by atoms with van der Waals surface area (Å²) < 4.78 is 5.08. The van der Waals surface area contributed by atoms with Crippen molar-refractivity contribution in [1.29, 1.82) is 0 Å². The van der Waals surface area contributed by atoms with E-state index in [2.05, 4.69) is 42.3 Å². The molecule has 20 heavy (non-hydrogen) atoms. The van der Waals surface area contributed by atoms with Gasteiger partial charge in [0.1, 0.15) is 0 Å². The number of methoxy groups -OCH3 is 1. The highest BCUT2D eigenvalue weighted by molar-refractivity contribution is 5.33. The van der Waals surface area contributed by atoms with Crippen molar-refractivity contribution in [3.8, 4) is 0 Å². The van der Waals surface area contributed by atoms with E-state index in [4.69, 9.17) is 4.74 Å². The molecule has 112 valence electrons. The van der Waals surface area contributed by atoms with Gasteiger partial charge in [-0.2, -0.15) is 0 Å². The van der Waals surface area contributed by atoms with Gasteiger partial charge >= 0.3 is 0 Å². The van der Waals surface area contributed by atoms with Gasteiger partial charge in [-0.25, -0.2) is 0 Å². The molecule has 1 aromatic carbocycles. The normalized spacial score (nSPS) is 19.6. The highest BCUT2D eigenvalue weighted by atomic mass is 16.5. The van der Waals surface area contributed by atoms with Crippen LogP contribution in [0.15, 0.2) is 18.2 Å². The Morgan fingerprint density at radius 1 is 1.30 bits per heavy atom. The van der Waals surface area contributed by atoms with E-state index in [1.807, 2.05) is 0 Å². The van der Waals surface area contributed by atoms with Crippen molar-refractivity contribution in [2.45, 2.75) is 39.3 Å². The van der Waals surface area contributed by atoms with Crippen molar-refractivity contribution < 1.29 is 4.74 Å². The lowest BCUT2D eigenvalue weighted by atomic mass is 10.0. The number of nitrogens with one attached hydrogen (secondary N) is 1. The molecule has 0 bridgehead atoms. The molecule has 1 aromatic rings. The standard InChI is InChI=1S/C17H28N2O/c1-14-6-4-7-15(2)17(14)13-19-10-5-8-16(19)12-18-9-11-20-3/h4,6-7,16,18H,5,8-13H2,1-3H3. The fourth-order valence-corrected chi connectivity index (χ4v) is 3.08. The maximum absolute atomic E-state index is 5.08. The number of hydrogen-bond donors (Lipinski definition) is 1. The number of hydrogen-bond acceptors (Lipinski definition) is 3. The quantitative estimate of drug-likeness (QED) is 0.775. The van der Waals surface area contributed by atoms with Crippen LogP contribution in [0.1, 0.15) is 29.5 Å². The lowest BCUT2D eigenvalue weighted by molar-refractivity contribution is 0.190. The smallest absolute Gasteiger partial charge is 0.0587 e. The van der Waals surface area contributed by atoms with E-state index in [1.165, 1.54) is 36.1 Å². The molecule has 0 saturated carbocycles. The molecular weight excluding hydrogens is 248 g/mol. The Balaban J connectivity index is 1.90. The average molecular weight is 276 g/mol. The van der Waals surface area contributed by atoms with Crippen LogP contribution >= 0.6 is 0 Å². The van der Waals surface area contributed by atoms with Crippen LogP contribution in [0, 0.1) is 13.8 Å². The van der Waals surface area contributed by atoms with Gasteiger partial charge in [0.2, 0.25) is 0 Å². The largest absolute Gasteiger partial charge is 0.383 e. The molecule has 1 atom stereocenters. The molecule has 3 heteroatoms. The SMILES string of the molecule is COCCNCC1CCCN1Cc1c(C)cccc1C. The monoisotopic (exact) mass is 276 g/mol. The summed E-state index contributed by atoms with van der Waals surface area (Å²) in [4.78, 5) is 2.63. The van der Waals surface area contributed by atoms with Crippen LogP contribution in [-0.4, -0.2) is 44.3 Å². The average Bonchev–Trinajstić information content (AvgIpc) is 2.87. The molecule has 0 aliphatic carbocycles. The van der Waals surface area contributed by atoms with Crippen LogP contribution in [0.2, 0.25) is 0 Å². The summed E-state index contributed by atoms with van der Waals surface area (Å²) in [6, 6.07) is 7.28. The van der Waals surface area contributed by atoms with Gasteiger partial charge in [-0.05, 0) is 49.9 Å². The van der Waals surface area contributed by atoms with Gasteiger partial charge in [0.15, 0.2) is 0 Å². The number of aryl methyl sites for hydroxylation is 2. The Labute approximate surface area is 123 Å². The van der Waals surface area contributed by atoms with Crippen LogP contribution in [-0.2, 0) is 11.3 Å². The second-order valence-electron chi connectivity index (χ2n) is 5.83. The van der Waals surface area contributed by atoms with Crippen molar-refractivity contribution in [2.75, 3.05) is 33.4 Å². The molecule has 1 heterocycles. The Kier molecular flexibility index (Phi) is 6.02. The van der Waals surface area contributed by atoms with Gasteiger partial charge < -0.3 is 10.1 Å². The zero-order valence-electron chi connectivity index (χ0n) is 13.1. The second-order valence-corrected chi connectivity index (χ2v) is 5.83. The third-order valence-electron chi connectivity index (χ3n) is 4.37. The molecule has 1 N–H and O–H groups in total. The first-order chi connectivity index (χ1) is 9.72. The molecule has 0 spiro atoms. The highest BCUT2D eigenvalue weighted by Gasteiger charge is 2.24. The summed E-state index contributed by atoms with van der Waals surface area (Å²) in [6.07, 6.45) is 2.63. The van der Waals surface area contributed by atoms with Gasteiger partial charge in [-0.15, -0.1) is 0 Å². The predicted molar refractivity (Wildman–Crippen MR) is 84.1 cm³/mol. The fraction of sp³-hybridized carbons (Fsp3) is 0.647.